The van der Waals surface area contributed by atoms with Crippen LogP contribution in [0, 0.1) is 10.8 Å². The Kier molecular flexibility index (Phi) is 5.23. The zero-order valence-corrected chi connectivity index (χ0v) is 18.5. The minimum Gasteiger partial charge on any atom is -0.444 e. The predicted octanol–water partition coefficient (Wildman–Crippen LogP) is 4.79. The number of benzene rings is 1. The van der Waals surface area contributed by atoms with Gasteiger partial charge in [0.25, 0.3) is 0 Å². The highest BCUT2D eigenvalue weighted by atomic mass is 16.6. The summed E-state index contributed by atoms with van der Waals surface area (Å²) in [5.41, 5.74) is 2.27. The average molecular weight is 399 g/mol. The minimum atomic E-state index is -0.489. The van der Waals surface area contributed by atoms with E-state index >= 15 is 0 Å². The van der Waals surface area contributed by atoms with Crippen molar-refractivity contribution in [1.29, 1.82) is 0 Å². The van der Waals surface area contributed by atoms with Crippen molar-refractivity contribution in [2.75, 3.05) is 19.8 Å². The van der Waals surface area contributed by atoms with E-state index in [1.54, 1.807) is 0 Å². The molecule has 1 saturated carbocycles. The molecule has 3 aliphatic rings. The molecule has 3 fully saturated rings. The lowest BCUT2D eigenvalue weighted by Gasteiger charge is -2.34. The first-order chi connectivity index (χ1) is 13.6. The number of hydrogen-bond acceptors (Lipinski definition) is 4. The van der Waals surface area contributed by atoms with E-state index in [9.17, 15) is 4.79 Å². The molecule has 2 saturated heterocycles. The molecular formula is C23H34BNO4. The van der Waals surface area contributed by atoms with E-state index in [-0.39, 0.29) is 30.1 Å². The van der Waals surface area contributed by atoms with Gasteiger partial charge in [-0.1, -0.05) is 38.1 Å². The lowest BCUT2D eigenvalue weighted by Crippen LogP contribution is -2.42. The smallest absolute Gasteiger partial charge is 0.444 e. The fraction of sp³-hybridized carbons (Fsp3) is 0.696. The Labute approximate surface area is 175 Å². The van der Waals surface area contributed by atoms with Crippen LogP contribution in [0.15, 0.2) is 24.3 Å². The summed E-state index contributed by atoms with van der Waals surface area (Å²) < 4.78 is 17.7. The van der Waals surface area contributed by atoms with Gasteiger partial charge in [-0.15, -0.1) is 0 Å². The lowest BCUT2D eigenvalue weighted by atomic mass is 9.75. The highest BCUT2D eigenvalue weighted by Gasteiger charge is 2.54. The number of carbonyl (C=O) groups is 1. The van der Waals surface area contributed by atoms with E-state index < -0.39 is 5.60 Å². The molecule has 4 rings (SSSR count). The number of hydrogen-bond donors (Lipinski definition) is 0. The Morgan fingerprint density at radius 2 is 1.86 bits per heavy atom. The van der Waals surface area contributed by atoms with E-state index in [4.69, 9.17) is 14.0 Å². The second-order valence-electron chi connectivity index (χ2n) is 10.9. The van der Waals surface area contributed by atoms with Gasteiger partial charge in [-0.2, -0.15) is 0 Å². The van der Waals surface area contributed by atoms with E-state index in [1.807, 2.05) is 25.7 Å². The van der Waals surface area contributed by atoms with Crippen molar-refractivity contribution in [2.24, 2.45) is 10.8 Å². The van der Waals surface area contributed by atoms with Gasteiger partial charge in [0.15, 0.2) is 0 Å². The van der Waals surface area contributed by atoms with Crippen LogP contribution in [0.4, 0.5) is 4.79 Å². The third-order valence-electron chi connectivity index (χ3n) is 6.21. The second kappa shape index (κ2) is 7.31. The van der Waals surface area contributed by atoms with E-state index in [2.05, 4.69) is 38.1 Å². The molecule has 6 heteroatoms. The topological polar surface area (TPSA) is 48.0 Å². The number of nitrogens with zero attached hydrogens (tertiary/aromatic N) is 1. The largest absolute Gasteiger partial charge is 0.461 e. The molecule has 1 aromatic rings. The number of amides is 1. The Hall–Kier alpha value is -1.53. The monoisotopic (exact) mass is 399 g/mol. The molecule has 0 bridgehead atoms. The standard InChI is InChI=1S/C23H34BNO4/c1-21(2,3)29-20(26)25-14-23(10-11-23)12-19(25)18-9-7-6-8-17(18)13-24-27-15-22(4,5)16-28-24/h6-9,19H,10-16H2,1-5H3. The van der Waals surface area contributed by atoms with E-state index in [0.29, 0.717) is 19.5 Å². The van der Waals surface area contributed by atoms with Crippen LogP contribution >= 0.6 is 0 Å². The molecule has 1 aromatic carbocycles. The summed E-state index contributed by atoms with van der Waals surface area (Å²) in [6.45, 7) is 12.3. The highest BCUT2D eigenvalue weighted by Crippen LogP contribution is 2.59. The van der Waals surface area contributed by atoms with E-state index in [0.717, 1.165) is 13.0 Å². The second-order valence-corrected chi connectivity index (χ2v) is 10.9. The van der Waals surface area contributed by atoms with Crippen molar-refractivity contribution in [3.63, 3.8) is 0 Å². The molecule has 2 heterocycles. The molecule has 0 radical (unpaired) electrons. The maximum absolute atomic E-state index is 13.0. The summed E-state index contributed by atoms with van der Waals surface area (Å²) >= 11 is 0. The van der Waals surface area contributed by atoms with Crippen LogP contribution in [0.3, 0.4) is 0 Å². The molecule has 0 aromatic heterocycles. The van der Waals surface area contributed by atoms with Crippen molar-refractivity contribution in [3.8, 4) is 0 Å². The molecule has 1 aliphatic carbocycles. The molecule has 158 valence electrons. The number of carbonyl (C=O) groups excluding carboxylic acids is 1. The van der Waals surface area contributed by atoms with Crippen LogP contribution in [-0.4, -0.2) is 43.5 Å². The summed E-state index contributed by atoms with van der Waals surface area (Å²) in [6.07, 6.45) is 3.93. The summed E-state index contributed by atoms with van der Waals surface area (Å²) in [5, 5.41) is 0. The van der Waals surface area contributed by atoms with Crippen molar-refractivity contribution in [1.82, 2.24) is 4.90 Å². The van der Waals surface area contributed by atoms with Crippen molar-refractivity contribution in [3.05, 3.63) is 35.4 Å². The summed E-state index contributed by atoms with van der Waals surface area (Å²) in [7, 11) is -0.226. The Balaban J connectivity index is 1.54. The van der Waals surface area contributed by atoms with E-state index in [1.165, 1.54) is 24.0 Å². The first kappa shape index (κ1) is 20.7. The molecular weight excluding hydrogens is 365 g/mol. The Morgan fingerprint density at radius 3 is 2.48 bits per heavy atom. The van der Waals surface area contributed by atoms with Gasteiger partial charge >= 0.3 is 13.2 Å². The van der Waals surface area contributed by atoms with Gasteiger partial charge < -0.3 is 18.9 Å². The fourth-order valence-electron chi connectivity index (χ4n) is 4.46. The number of rotatable bonds is 3. The Morgan fingerprint density at radius 1 is 1.21 bits per heavy atom. The number of ether oxygens (including phenoxy) is 1. The summed E-state index contributed by atoms with van der Waals surface area (Å²) in [4.78, 5) is 14.9. The molecule has 0 N–H and O–H groups in total. The van der Waals surface area contributed by atoms with Gasteiger partial charge in [-0.25, -0.2) is 4.79 Å². The maximum Gasteiger partial charge on any atom is 0.461 e. The minimum absolute atomic E-state index is 0.0589. The quantitative estimate of drug-likeness (QED) is 0.686. The first-order valence-electron chi connectivity index (χ1n) is 10.9. The molecule has 1 amide bonds. The van der Waals surface area contributed by atoms with Crippen molar-refractivity contribution < 1.29 is 18.8 Å². The van der Waals surface area contributed by atoms with Gasteiger partial charge in [0, 0.05) is 31.5 Å². The third-order valence-corrected chi connectivity index (χ3v) is 6.21. The molecule has 1 atom stereocenters. The molecule has 5 nitrogen and oxygen atoms in total. The van der Waals surface area contributed by atoms with Crippen molar-refractivity contribution in [2.45, 2.75) is 71.8 Å². The zero-order chi connectivity index (χ0) is 20.9. The average Bonchev–Trinajstić information content (AvgIpc) is 3.26. The number of likely N-dealkylation sites (tertiary alicyclic amines) is 1. The SMILES string of the molecule is CC1(C)COB(Cc2ccccc2C2CC3(CC3)CN2C(=O)OC(C)(C)C)OC1. The highest BCUT2D eigenvalue weighted by molar-refractivity contribution is 6.44. The predicted molar refractivity (Wildman–Crippen MR) is 114 cm³/mol. The van der Waals surface area contributed by atoms with Crippen LogP contribution in [0.2, 0.25) is 0 Å². The van der Waals surface area contributed by atoms with Crippen molar-refractivity contribution >= 4 is 13.2 Å². The van der Waals surface area contributed by atoms with Crippen LogP contribution in [-0.2, 0) is 20.4 Å². The summed E-state index contributed by atoms with van der Waals surface area (Å²) in [6, 6.07) is 8.49. The van der Waals surface area contributed by atoms with Gasteiger partial charge in [0.05, 0.1) is 6.04 Å². The van der Waals surface area contributed by atoms with Crippen LogP contribution in [0.25, 0.3) is 0 Å². The van der Waals surface area contributed by atoms with Gasteiger partial charge in [-0.05, 0) is 56.6 Å². The maximum atomic E-state index is 13.0. The third kappa shape index (κ3) is 4.80. The zero-order valence-electron chi connectivity index (χ0n) is 18.5. The molecule has 2 aliphatic heterocycles. The van der Waals surface area contributed by atoms with Gasteiger partial charge in [-0.3, -0.25) is 0 Å². The lowest BCUT2D eigenvalue weighted by molar-refractivity contribution is 0.0216. The van der Waals surface area contributed by atoms with Crippen LogP contribution < -0.4 is 0 Å². The summed E-state index contributed by atoms with van der Waals surface area (Å²) in [5.74, 6) is 0. The molecule has 29 heavy (non-hydrogen) atoms. The van der Waals surface area contributed by atoms with Gasteiger partial charge in [0.1, 0.15) is 5.60 Å². The van der Waals surface area contributed by atoms with Crippen LogP contribution in [0.1, 0.15) is 71.0 Å². The fourth-order valence-corrected chi connectivity index (χ4v) is 4.46. The van der Waals surface area contributed by atoms with Crippen LogP contribution in [0.5, 0.6) is 0 Å². The van der Waals surface area contributed by atoms with Gasteiger partial charge in [0.2, 0.25) is 0 Å². The normalized spacial score (nSPS) is 25.3. The molecule has 1 unspecified atom stereocenters. The Bertz CT molecular complexity index is 758. The molecule has 1 spiro atoms. The first-order valence-corrected chi connectivity index (χ1v) is 10.9.